The van der Waals surface area contributed by atoms with Gasteiger partial charge < -0.3 is 4.42 Å². The molecule has 1 N–H and O–H groups in total. The lowest BCUT2D eigenvalue weighted by Gasteiger charge is -2.30. The summed E-state index contributed by atoms with van der Waals surface area (Å²) in [4.78, 5) is 30.6. The topological polar surface area (TPSA) is 83.1 Å². The molecule has 5 rings (SSSR count). The molecule has 1 amide bonds. The molecular weight excluding hydrogens is 472 g/mol. The Kier molecular flexibility index (Phi) is 5.79. The molecule has 0 bridgehead atoms. The van der Waals surface area contributed by atoms with E-state index in [1.165, 1.54) is 18.7 Å². The van der Waals surface area contributed by atoms with E-state index in [-0.39, 0.29) is 11.5 Å². The number of nitrogens with one attached hydrogen (secondary N) is 1. The Hall–Kier alpha value is -3.36. The van der Waals surface area contributed by atoms with Crippen molar-refractivity contribution in [2.24, 2.45) is 0 Å². The smallest absolute Gasteiger partial charge is 0.325 e. The van der Waals surface area contributed by atoms with Crippen molar-refractivity contribution in [3.63, 3.8) is 0 Å². The highest BCUT2D eigenvalue weighted by Gasteiger charge is 2.46. The Bertz CT molecular complexity index is 1480. The van der Waals surface area contributed by atoms with Crippen molar-refractivity contribution in [3.05, 3.63) is 81.3 Å². The number of H-pyrrole nitrogens is 1. The first-order valence-electron chi connectivity index (χ1n) is 10.8. The maximum Gasteiger partial charge on any atom is 0.325 e. The number of benzene rings is 2. The minimum atomic E-state index is -0.769. The van der Waals surface area contributed by atoms with Gasteiger partial charge in [-0.2, -0.15) is 0 Å². The van der Waals surface area contributed by atoms with E-state index in [4.69, 9.17) is 21.1 Å². The quantitative estimate of drug-likeness (QED) is 0.320. The van der Waals surface area contributed by atoms with Crippen molar-refractivity contribution >= 4 is 35.0 Å². The van der Waals surface area contributed by atoms with Gasteiger partial charge in [0.2, 0.25) is 11.1 Å². The number of hydrogen-bond donors (Lipinski definition) is 1. The Morgan fingerprint density at radius 2 is 1.94 bits per heavy atom. The predicted octanol–water partition coefficient (Wildman–Crippen LogP) is 4.97. The summed E-state index contributed by atoms with van der Waals surface area (Å²) >= 11 is 7.74. The average Bonchev–Trinajstić information content (AvgIpc) is 3.29. The minimum Gasteiger partial charge on any atom is -0.452 e. The van der Waals surface area contributed by atoms with Crippen LogP contribution in [0.5, 0.6) is 0 Å². The Morgan fingerprint density at radius 1 is 1.18 bits per heavy atom. The van der Waals surface area contributed by atoms with Crippen LogP contribution in [0.1, 0.15) is 31.3 Å². The summed E-state index contributed by atoms with van der Waals surface area (Å²) in [6.07, 6.45) is -0.769. The van der Waals surface area contributed by atoms with Gasteiger partial charge in [0.1, 0.15) is 5.76 Å². The third-order valence-electron chi connectivity index (χ3n) is 5.79. The third-order valence-corrected chi connectivity index (χ3v) is 6.95. The van der Waals surface area contributed by atoms with Gasteiger partial charge in [0.15, 0.2) is 5.76 Å². The molecule has 4 aromatic rings. The molecule has 0 radical (unpaired) electrons. The number of amides is 1. The fourth-order valence-corrected chi connectivity index (χ4v) is 5.04. The molecule has 1 atom stereocenters. The van der Waals surface area contributed by atoms with E-state index in [2.05, 4.69) is 4.98 Å². The number of rotatable bonds is 4. The zero-order valence-corrected chi connectivity index (χ0v) is 20.4. The van der Waals surface area contributed by atoms with Crippen molar-refractivity contribution < 1.29 is 13.9 Å². The van der Waals surface area contributed by atoms with Crippen molar-refractivity contribution in [1.82, 2.24) is 10.1 Å². The summed E-state index contributed by atoms with van der Waals surface area (Å²) in [5.74, 6) is 1.64. The van der Waals surface area contributed by atoms with Gasteiger partial charge in [0.05, 0.1) is 11.3 Å². The number of nitrogens with zero attached hydrogens (tertiary/aromatic N) is 3. The zero-order valence-electron chi connectivity index (χ0n) is 18.8. The summed E-state index contributed by atoms with van der Waals surface area (Å²) in [6.45, 7) is 5.41. The number of thioether (sulfide) groups is 1. The van der Waals surface area contributed by atoms with Crippen LogP contribution >= 0.6 is 23.4 Å². The number of halogens is 1. The lowest BCUT2D eigenvalue weighted by Crippen LogP contribution is -2.60. The molecule has 9 heteroatoms. The van der Waals surface area contributed by atoms with E-state index in [9.17, 15) is 9.59 Å². The van der Waals surface area contributed by atoms with Gasteiger partial charge in [-0.25, -0.2) is 4.90 Å². The molecule has 0 spiro atoms. The van der Waals surface area contributed by atoms with Gasteiger partial charge >= 0.3 is 17.4 Å². The van der Waals surface area contributed by atoms with Crippen LogP contribution < -0.4 is 15.1 Å². The van der Waals surface area contributed by atoms with Crippen LogP contribution in [0.3, 0.4) is 0 Å². The number of fused-ring (bicyclic) bond motifs is 3. The van der Waals surface area contributed by atoms with E-state index in [1.807, 2.05) is 68.4 Å². The summed E-state index contributed by atoms with van der Waals surface area (Å²) in [5, 5.41) is 5.83. The van der Waals surface area contributed by atoms with Crippen LogP contribution in [0.2, 0.25) is 5.02 Å². The van der Waals surface area contributed by atoms with Gasteiger partial charge in [-0.3, -0.25) is 14.6 Å². The number of carbonyl (C=O) groups is 1. The molecule has 0 saturated heterocycles. The van der Waals surface area contributed by atoms with Gasteiger partial charge in [-0.1, -0.05) is 54.6 Å². The number of furan rings is 1. The van der Waals surface area contributed by atoms with Crippen molar-refractivity contribution in [2.75, 3.05) is 10.7 Å². The molecule has 0 unspecified atom stereocenters. The molecule has 2 aromatic carbocycles. The average molecular weight is 494 g/mol. The number of carbonyl (C=O) groups excluding carboxylic acids is 1. The number of para-hydroxylation sites is 1. The lowest BCUT2D eigenvalue weighted by atomic mass is 10.0. The van der Waals surface area contributed by atoms with Gasteiger partial charge in [-0.15, -0.1) is 0 Å². The highest BCUT2D eigenvalue weighted by Crippen LogP contribution is 2.39. The molecule has 0 fully saturated rings. The van der Waals surface area contributed by atoms with E-state index in [0.29, 0.717) is 38.6 Å². The first-order chi connectivity index (χ1) is 16.4. The van der Waals surface area contributed by atoms with E-state index < -0.39 is 6.17 Å². The third kappa shape index (κ3) is 3.63. The second kappa shape index (κ2) is 8.77. The number of hydrogen-bond acceptors (Lipinski definition) is 5. The van der Waals surface area contributed by atoms with Crippen molar-refractivity contribution in [3.8, 4) is 22.6 Å². The lowest BCUT2D eigenvalue weighted by molar-refractivity contribution is -0.764. The Morgan fingerprint density at radius 3 is 2.71 bits per heavy atom. The molecule has 0 saturated carbocycles. The second-order valence-electron chi connectivity index (χ2n) is 7.88. The van der Waals surface area contributed by atoms with Gasteiger partial charge in [0.25, 0.3) is 0 Å². The largest absolute Gasteiger partial charge is 0.452 e. The van der Waals surface area contributed by atoms with Crippen LogP contribution in [0, 0.1) is 6.92 Å². The second-order valence-corrected chi connectivity index (χ2v) is 9.54. The van der Waals surface area contributed by atoms with E-state index in [1.54, 1.807) is 9.58 Å². The molecule has 172 valence electrons. The van der Waals surface area contributed by atoms with E-state index in [0.717, 1.165) is 16.9 Å². The molecule has 7 nitrogen and oxygen atoms in total. The monoisotopic (exact) mass is 493 g/mol. The summed E-state index contributed by atoms with van der Waals surface area (Å²) < 4.78 is 7.90. The summed E-state index contributed by atoms with van der Waals surface area (Å²) in [6, 6.07) is 16.6. The fourth-order valence-electron chi connectivity index (χ4n) is 4.28. The SMILES string of the molecule is CCSc1n[n+]2c(c(=O)[nH]1)-c1ccccc1N(C(C)=O)[C@H]2c1ccc(-c2cccc(Cl)c2C)o1. The zero-order chi connectivity index (χ0) is 24.0. The molecule has 3 heterocycles. The molecular formula is C25H22ClN4O3S+. The highest BCUT2D eigenvalue weighted by atomic mass is 35.5. The molecule has 1 aliphatic heterocycles. The normalized spacial score (nSPS) is 14.6. The molecule has 1 aliphatic rings. The molecule has 2 aromatic heterocycles. The number of aromatic nitrogens is 3. The Labute approximate surface area is 205 Å². The van der Waals surface area contributed by atoms with Gasteiger partial charge in [-0.05, 0) is 53.3 Å². The molecule has 34 heavy (non-hydrogen) atoms. The van der Waals surface area contributed by atoms with E-state index >= 15 is 0 Å². The van der Waals surface area contributed by atoms with Crippen molar-refractivity contribution in [2.45, 2.75) is 32.1 Å². The Balaban J connectivity index is 1.75. The van der Waals surface area contributed by atoms with Crippen molar-refractivity contribution in [1.29, 1.82) is 0 Å². The summed E-state index contributed by atoms with van der Waals surface area (Å²) in [5.41, 5.74) is 3.11. The van der Waals surface area contributed by atoms with Crippen LogP contribution in [0.25, 0.3) is 22.6 Å². The maximum atomic E-state index is 13.2. The van der Waals surface area contributed by atoms with Gasteiger partial charge in [0, 0.05) is 22.6 Å². The minimum absolute atomic E-state index is 0.195. The van der Waals surface area contributed by atoms with Crippen LogP contribution in [-0.4, -0.2) is 21.7 Å². The van der Waals surface area contributed by atoms with Crippen LogP contribution in [0.15, 0.2) is 69.0 Å². The fraction of sp³-hybridized carbons (Fsp3) is 0.200. The first-order valence-corrected chi connectivity index (χ1v) is 12.2. The van der Waals surface area contributed by atoms with Crippen LogP contribution in [-0.2, 0) is 4.79 Å². The van der Waals surface area contributed by atoms with Crippen LogP contribution in [0.4, 0.5) is 5.69 Å². The first kappa shape index (κ1) is 22.4. The summed E-state index contributed by atoms with van der Waals surface area (Å²) in [7, 11) is 0. The maximum absolute atomic E-state index is 13.2. The number of anilines is 1. The number of aromatic amines is 1. The predicted molar refractivity (Wildman–Crippen MR) is 132 cm³/mol. The highest BCUT2D eigenvalue weighted by molar-refractivity contribution is 7.99. The standard InChI is InChI=1S/C25H21ClN4O3S/c1-4-34-25-27-23(32)22-17-8-5-6-11-19(17)29(15(3)31)24(30(22)28-25)21-13-12-20(33-21)16-9-7-10-18(26)14(16)2/h5-13,24H,4H2,1-3H3/p+1/t24-/m1/s1. The molecule has 0 aliphatic carbocycles.